The van der Waals surface area contributed by atoms with Crippen molar-refractivity contribution in [3.8, 4) is 0 Å². The molecule has 1 aromatic carbocycles. The maximum atomic E-state index is 12.2. The van der Waals surface area contributed by atoms with Gasteiger partial charge in [-0.15, -0.1) is 12.4 Å². The molecule has 124 valence electrons. The predicted molar refractivity (Wildman–Crippen MR) is 88.0 cm³/mol. The van der Waals surface area contributed by atoms with E-state index in [0.717, 1.165) is 18.7 Å². The molecular formula is C14H22ClN3O3S. The Hall–Kier alpha value is -1.15. The van der Waals surface area contributed by atoms with Gasteiger partial charge in [0.2, 0.25) is 10.0 Å². The molecule has 1 aromatic rings. The van der Waals surface area contributed by atoms with Crippen LogP contribution in [0.4, 0.5) is 0 Å². The molecule has 1 saturated heterocycles. The summed E-state index contributed by atoms with van der Waals surface area (Å²) in [5, 5.41) is 6.00. The summed E-state index contributed by atoms with van der Waals surface area (Å²) in [7, 11) is -3.55. The van der Waals surface area contributed by atoms with Gasteiger partial charge in [0.1, 0.15) is 0 Å². The predicted octanol–water partition coefficient (Wildman–Crippen LogP) is 0.664. The molecular weight excluding hydrogens is 326 g/mol. The number of benzene rings is 1. The fourth-order valence-electron chi connectivity index (χ4n) is 2.11. The fourth-order valence-corrected chi connectivity index (χ4v) is 3.18. The summed E-state index contributed by atoms with van der Waals surface area (Å²) >= 11 is 0. The first-order valence-corrected chi connectivity index (χ1v) is 8.51. The van der Waals surface area contributed by atoms with Gasteiger partial charge in [-0.25, -0.2) is 13.1 Å². The summed E-state index contributed by atoms with van der Waals surface area (Å²) in [6, 6.07) is 4.60. The standard InChI is InChI=1S/C14H21N3O3S.ClH/c1-3-17-21(19,20)12-5-4-10(2)13(6-12)14(18)16-9-11-7-15-8-11;/h4-6,11,15,17H,3,7-9H2,1-2H3,(H,16,18);1H. The lowest BCUT2D eigenvalue weighted by Gasteiger charge is -2.27. The van der Waals surface area contributed by atoms with Crippen molar-refractivity contribution in [2.24, 2.45) is 5.92 Å². The molecule has 0 saturated carbocycles. The molecule has 6 nitrogen and oxygen atoms in total. The van der Waals surface area contributed by atoms with E-state index in [-0.39, 0.29) is 23.2 Å². The van der Waals surface area contributed by atoms with Crippen molar-refractivity contribution in [2.45, 2.75) is 18.7 Å². The molecule has 0 aliphatic carbocycles. The zero-order valence-electron chi connectivity index (χ0n) is 12.7. The minimum absolute atomic E-state index is 0. The van der Waals surface area contributed by atoms with E-state index in [1.165, 1.54) is 12.1 Å². The Bertz CT molecular complexity index is 630. The summed E-state index contributed by atoms with van der Waals surface area (Å²) < 4.78 is 26.4. The summed E-state index contributed by atoms with van der Waals surface area (Å²) in [6.07, 6.45) is 0. The third-order valence-corrected chi connectivity index (χ3v) is 5.06. The average molecular weight is 348 g/mol. The summed E-state index contributed by atoms with van der Waals surface area (Å²) in [4.78, 5) is 12.3. The highest BCUT2D eigenvalue weighted by Gasteiger charge is 2.20. The number of halogens is 1. The Morgan fingerprint density at radius 3 is 2.59 bits per heavy atom. The Morgan fingerprint density at radius 2 is 2.05 bits per heavy atom. The van der Waals surface area contributed by atoms with Crippen LogP contribution in [0, 0.1) is 12.8 Å². The second-order valence-corrected chi connectivity index (χ2v) is 6.98. The van der Waals surface area contributed by atoms with Crippen LogP contribution >= 0.6 is 12.4 Å². The van der Waals surface area contributed by atoms with E-state index in [0.29, 0.717) is 24.6 Å². The molecule has 0 atom stereocenters. The van der Waals surface area contributed by atoms with E-state index in [1.807, 2.05) is 0 Å². The number of nitrogens with one attached hydrogen (secondary N) is 3. The molecule has 0 radical (unpaired) electrons. The Morgan fingerprint density at radius 1 is 1.36 bits per heavy atom. The van der Waals surface area contributed by atoms with Gasteiger partial charge in [0.15, 0.2) is 0 Å². The summed E-state index contributed by atoms with van der Waals surface area (Å²) in [5.41, 5.74) is 1.16. The number of amides is 1. The van der Waals surface area contributed by atoms with Crippen LogP contribution < -0.4 is 15.4 Å². The van der Waals surface area contributed by atoms with E-state index in [1.54, 1.807) is 19.9 Å². The van der Waals surface area contributed by atoms with Crippen molar-refractivity contribution in [1.82, 2.24) is 15.4 Å². The normalized spacial score (nSPS) is 14.8. The zero-order chi connectivity index (χ0) is 15.5. The zero-order valence-corrected chi connectivity index (χ0v) is 14.3. The topological polar surface area (TPSA) is 87.3 Å². The molecule has 8 heteroatoms. The van der Waals surface area contributed by atoms with Crippen LogP contribution in [0.1, 0.15) is 22.8 Å². The van der Waals surface area contributed by atoms with Gasteiger partial charge < -0.3 is 10.6 Å². The monoisotopic (exact) mass is 347 g/mol. The Kier molecular flexibility index (Phi) is 6.80. The van der Waals surface area contributed by atoms with Gasteiger partial charge in [0, 0.05) is 37.7 Å². The number of aryl methyl sites for hydroxylation is 1. The van der Waals surface area contributed by atoms with Crippen molar-refractivity contribution in [3.05, 3.63) is 29.3 Å². The van der Waals surface area contributed by atoms with Crippen LogP contribution in [0.5, 0.6) is 0 Å². The molecule has 0 unspecified atom stereocenters. The van der Waals surface area contributed by atoms with Crippen LogP contribution in [0.2, 0.25) is 0 Å². The van der Waals surface area contributed by atoms with E-state index >= 15 is 0 Å². The van der Waals surface area contributed by atoms with Crippen molar-refractivity contribution in [3.63, 3.8) is 0 Å². The first kappa shape index (κ1) is 18.9. The van der Waals surface area contributed by atoms with Crippen LogP contribution in [0.15, 0.2) is 23.1 Å². The molecule has 1 amide bonds. The molecule has 22 heavy (non-hydrogen) atoms. The number of hydrogen-bond acceptors (Lipinski definition) is 4. The minimum Gasteiger partial charge on any atom is -0.352 e. The lowest BCUT2D eigenvalue weighted by Crippen LogP contribution is -2.48. The van der Waals surface area contributed by atoms with Crippen LogP contribution in [-0.2, 0) is 10.0 Å². The molecule has 0 bridgehead atoms. The van der Waals surface area contributed by atoms with Crippen molar-refractivity contribution >= 4 is 28.3 Å². The van der Waals surface area contributed by atoms with Gasteiger partial charge in [-0.05, 0) is 24.6 Å². The number of hydrogen-bond donors (Lipinski definition) is 3. The van der Waals surface area contributed by atoms with Gasteiger partial charge in [-0.2, -0.15) is 0 Å². The van der Waals surface area contributed by atoms with Gasteiger partial charge in [-0.3, -0.25) is 4.79 Å². The van der Waals surface area contributed by atoms with Crippen molar-refractivity contribution in [2.75, 3.05) is 26.2 Å². The molecule has 1 aliphatic rings. The highest BCUT2D eigenvalue weighted by molar-refractivity contribution is 7.89. The first-order chi connectivity index (χ1) is 9.94. The lowest BCUT2D eigenvalue weighted by molar-refractivity contribution is 0.0941. The minimum atomic E-state index is -3.55. The number of carbonyl (C=O) groups excluding carboxylic acids is 1. The van der Waals surface area contributed by atoms with E-state index in [9.17, 15) is 13.2 Å². The molecule has 1 fully saturated rings. The third kappa shape index (κ3) is 4.42. The highest BCUT2D eigenvalue weighted by atomic mass is 35.5. The van der Waals surface area contributed by atoms with Gasteiger partial charge in [0.25, 0.3) is 5.91 Å². The smallest absolute Gasteiger partial charge is 0.251 e. The molecule has 3 N–H and O–H groups in total. The van der Waals surface area contributed by atoms with Gasteiger partial charge in [0.05, 0.1) is 4.90 Å². The lowest BCUT2D eigenvalue weighted by atomic mass is 10.0. The molecule has 0 spiro atoms. The number of rotatable bonds is 6. The third-order valence-electron chi connectivity index (χ3n) is 3.52. The number of carbonyl (C=O) groups is 1. The van der Waals surface area contributed by atoms with Crippen LogP contribution in [0.3, 0.4) is 0 Å². The fraction of sp³-hybridized carbons (Fsp3) is 0.500. The second-order valence-electron chi connectivity index (χ2n) is 5.21. The van der Waals surface area contributed by atoms with E-state index < -0.39 is 10.0 Å². The van der Waals surface area contributed by atoms with Crippen molar-refractivity contribution < 1.29 is 13.2 Å². The Labute approximate surface area is 137 Å². The highest BCUT2D eigenvalue weighted by Crippen LogP contribution is 2.16. The molecule has 0 aromatic heterocycles. The Balaban J connectivity index is 0.00000242. The molecule has 1 heterocycles. The summed E-state index contributed by atoms with van der Waals surface area (Å²) in [6.45, 7) is 6.25. The van der Waals surface area contributed by atoms with E-state index in [2.05, 4.69) is 15.4 Å². The van der Waals surface area contributed by atoms with Crippen LogP contribution in [0.25, 0.3) is 0 Å². The second kappa shape index (κ2) is 7.92. The maximum absolute atomic E-state index is 12.2. The SMILES string of the molecule is CCNS(=O)(=O)c1ccc(C)c(C(=O)NCC2CNC2)c1.Cl. The van der Waals surface area contributed by atoms with Crippen LogP contribution in [-0.4, -0.2) is 40.5 Å². The van der Waals surface area contributed by atoms with E-state index in [4.69, 9.17) is 0 Å². The quantitative estimate of drug-likeness (QED) is 0.705. The summed E-state index contributed by atoms with van der Waals surface area (Å²) in [5.74, 6) is 0.232. The van der Waals surface area contributed by atoms with Gasteiger partial charge in [-0.1, -0.05) is 13.0 Å². The largest absolute Gasteiger partial charge is 0.352 e. The van der Waals surface area contributed by atoms with Crippen molar-refractivity contribution in [1.29, 1.82) is 0 Å². The molecule has 1 aliphatic heterocycles. The average Bonchev–Trinajstić information content (AvgIpc) is 2.36. The first-order valence-electron chi connectivity index (χ1n) is 7.03. The van der Waals surface area contributed by atoms with Gasteiger partial charge >= 0.3 is 0 Å². The maximum Gasteiger partial charge on any atom is 0.251 e. The molecule has 2 rings (SSSR count). The number of sulfonamides is 1.